The zero-order valence-corrected chi connectivity index (χ0v) is 7.14. The summed E-state index contributed by atoms with van der Waals surface area (Å²) in [5.74, 6) is 0.799. The van der Waals surface area contributed by atoms with E-state index >= 15 is 0 Å². The highest BCUT2D eigenvalue weighted by Gasteiger charge is 2.30. The average molecular weight is 189 g/mol. The van der Waals surface area contributed by atoms with Gasteiger partial charge in [-0.05, 0) is 6.07 Å². The minimum absolute atomic E-state index is 0.215. The van der Waals surface area contributed by atoms with Crippen LogP contribution in [0.4, 0.5) is 0 Å². The molecule has 0 N–H and O–H groups in total. The molecule has 0 unspecified atom stereocenters. The predicted molar refractivity (Wildman–Crippen MR) is 45.3 cm³/mol. The van der Waals surface area contributed by atoms with Crippen LogP contribution < -0.4 is 4.74 Å². The van der Waals surface area contributed by atoms with Gasteiger partial charge < -0.3 is 4.74 Å². The Morgan fingerprint density at radius 3 is 2.64 bits per heavy atom. The number of halogens is 2. The summed E-state index contributed by atoms with van der Waals surface area (Å²) in [5.41, 5.74) is 0.559. The quantitative estimate of drug-likeness (QED) is 0.570. The van der Waals surface area contributed by atoms with E-state index in [0.29, 0.717) is 0 Å². The number of rotatable bonds is 0. The molecule has 2 atom stereocenters. The molecule has 1 nitrogen and oxygen atoms in total. The van der Waals surface area contributed by atoms with Crippen LogP contribution in [-0.4, -0.2) is 5.56 Å². The molecule has 0 amide bonds. The third-order valence-electron chi connectivity index (χ3n) is 1.69. The Morgan fingerprint density at radius 1 is 1.18 bits per heavy atom. The highest BCUT2D eigenvalue weighted by atomic mass is 35.5. The van der Waals surface area contributed by atoms with Crippen molar-refractivity contribution in [1.82, 2.24) is 0 Å². The van der Waals surface area contributed by atoms with Gasteiger partial charge in [0.15, 0.2) is 5.56 Å². The van der Waals surface area contributed by atoms with Gasteiger partial charge in [0.2, 0.25) is 0 Å². The third-order valence-corrected chi connectivity index (χ3v) is 2.62. The smallest absolute Gasteiger partial charge is 0.192 e. The van der Waals surface area contributed by atoms with Crippen LogP contribution in [0.15, 0.2) is 24.3 Å². The average Bonchev–Trinajstić information content (AvgIpc) is 2.30. The molecule has 1 aliphatic rings. The summed E-state index contributed by atoms with van der Waals surface area (Å²) < 4.78 is 5.25. The maximum absolute atomic E-state index is 5.94. The molecular weight excluding hydrogens is 183 g/mol. The number of benzene rings is 1. The Kier molecular flexibility index (Phi) is 1.70. The van der Waals surface area contributed by atoms with Crippen LogP contribution in [0.3, 0.4) is 0 Å². The second kappa shape index (κ2) is 2.58. The van der Waals surface area contributed by atoms with Crippen LogP contribution in [0.2, 0.25) is 0 Å². The van der Waals surface area contributed by atoms with Gasteiger partial charge in [0, 0.05) is 5.56 Å². The molecule has 0 spiro atoms. The zero-order valence-electron chi connectivity index (χ0n) is 5.63. The van der Waals surface area contributed by atoms with Gasteiger partial charge in [-0.1, -0.05) is 29.8 Å². The van der Waals surface area contributed by atoms with Crippen LogP contribution in [0.1, 0.15) is 10.9 Å². The van der Waals surface area contributed by atoms with Gasteiger partial charge in [0.1, 0.15) is 11.1 Å². The van der Waals surface area contributed by atoms with Crippen molar-refractivity contribution in [2.24, 2.45) is 0 Å². The Hall–Kier alpha value is -0.400. The lowest BCUT2D eigenvalue weighted by molar-refractivity contribution is 0.312. The van der Waals surface area contributed by atoms with Gasteiger partial charge in [-0.15, -0.1) is 11.6 Å². The van der Waals surface area contributed by atoms with E-state index in [0.717, 1.165) is 11.3 Å². The summed E-state index contributed by atoms with van der Waals surface area (Å²) in [7, 11) is 0. The zero-order chi connectivity index (χ0) is 7.84. The lowest BCUT2D eigenvalue weighted by Gasteiger charge is -2.02. The first-order valence-electron chi connectivity index (χ1n) is 3.33. The number of fused-ring (bicyclic) bond motifs is 1. The van der Waals surface area contributed by atoms with Crippen molar-refractivity contribution in [3.63, 3.8) is 0 Å². The maximum Gasteiger partial charge on any atom is 0.192 e. The number of hydrogen-bond donors (Lipinski definition) is 0. The molecule has 1 heterocycles. The normalized spacial score (nSPS) is 27.8. The molecule has 2 rings (SSSR count). The van der Waals surface area contributed by atoms with Crippen LogP contribution in [0.25, 0.3) is 0 Å². The third kappa shape index (κ3) is 1.09. The van der Waals surface area contributed by atoms with Crippen molar-refractivity contribution in [2.75, 3.05) is 0 Å². The SMILES string of the molecule is Cl[C@@H]1Oc2ccccc2[C@@H]1Cl. The molecule has 1 aromatic rings. The fraction of sp³-hybridized carbons (Fsp3) is 0.250. The first-order valence-corrected chi connectivity index (χ1v) is 4.20. The summed E-state index contributed by atoms with van der Waals surface area (Å²) in [4.78, 5) is 0. The second-order valence-electron chi connectivity index (χ2n) is 2.41. The van der Waals surface area contributed by atoms with Gasteiger partial charge in [-0.25, -0.2) is 0 Å². The molecule has 0 saturated heterocycles. The summed E-state index contributed by atoms with van der Waals surface area (Å²) in [6.07, 6.45) is 0. The largest absolute Gasteiger partial charge is 0.472 e. The first kappa shape index (κ1) is 7.26. The fourth-order valence-electron chi connectivity index (χ4n) is 1.14. The highest BCUT2D eigenvalue weighted by Crippen LogP contribution is 2.41. The van der Waals surface area contributed by atoms with Gasteiger partial charge in [0.25, 0.3) is 0 Å². The molecule has 58 valence electrons. The summed E-state index contributed by atoms with van der Waals surface area (Å²) >= 11 is 11.7. The summed E-state index contributed by atoms with van der Waals surface area (Å²) in [5, 5.41) is -0.215. The van der Waals surface area contributed by atoms with Crippen molar-refractivity contribution < 1.29 is 4.74 Å². The number of ether oxygens (including phenoxy) is 1. The van der Waals surface area contributed by atoms with E-state index in [9.17, 15) is 0 Å². The Balaban J connectivity index is 2.47. The Morgan fingerprint density at radius 2 is 1.91 bits per heavy atom. The fourth-order valence-corrected chi connectivity index (χ4v) is 1.60. The summed E-state index contributed by atoms with van der Waals surface area (Å²) in [6.45, 7) is 0. The number of alkyl halides is 2. The second-order valence-corrected chi connectivity index (χ2v) is 3.31. The minimum atomic E-state index is -0.422. The number of hydrogen-bond acceptors (Lipinski definition) is 1. The molecular formula is C8H6Cl2O. The van der Waals surface area contributed by atoms with Crippen molar-refractivity contribution >= 4 is 23.2 Å². The molecule has 0 bridgehead atoms. The lowest BCUT2D eigenvalue weighted by atomic mass is 10.2. The van der Waals surface area contributed by atoms with Crippen molar-refractivity contribution in [3.05, 3.63) is 29.8 Å². The highest BCUT2D eigenvalue weighted by molar-refractivity contribution is 6.30. The Labute approximate surface area is 74.9 Å². The van der Waals surface area contributed by atoms with Crippen molar-refractivity contribution in [1.29, 1.82) is 0 Å². The first-order chi connectivity index (χ1) is 5.29. The van der Waals surface area contributed by atoms with Crippen molar-refractivity contribution in [3.8, 4) is 5.75 Å². The standard InChI is InChI=1S/C8H6Cl2O/c9-7-5-3-1-2-4-6(5)11-8(7)10/h1-4,7-8H/t7-,8+/m0/s1. The van der Waals surface area contributed by atoms with Crippen LogP contribution >= 0.6 is 23.2 Å². The van der Waals surface area contributed by atoms with E-state index in [1.165, 1.54) is 0 Å². The molecule has 3 heteroatoms. The van der Waals surface area contributed by atoms with Gasteiger partial charge in [0.05, 0.1) is 0 Å². The van der Waals surface area contributed by atoms with E-state index in [2.05, 4.69) is 0 Å². The molecule has 1 aromatic carbocycles. The van der Waals surface area contributed by atoms with Gasteiger partial charge >= 0.3 is 0 Å². The Bertz CT molecular complexity index is 275. The molecule has 11 heavy (non-hydrogen) atoms. The van der Waals surface area contributed by atoms with Crippen molar-refractivity contribution in [2.45, 2.75) is 10.9 Å². The minimum Gasteiger partial charge on any atom is -0.472 e. The van der Waals surface area contributed by atoms with Crippen LogP contribution in [0, 0.1) is 0 Å². The maximum atomic E-state index is 5.94. The van der Waals surface area contributed by atoms with E-state index in [4.69, 9.17) is 27.9 Å². The van der Waals surface area contributed by atoms with Gasteiger partial charge in [-0.3, -0.25) is 0 Å². The van der Waals surface area contributed by atoms with E-state index in [1.54, 1.807) is 0 Å². The molecule has 0 aliphatic carbocycles. The monoisotopic (exact) mass is 188 g/mol. The molecule has 0 radical (unpaired) electrons. The lowest BCUT2D eigenvalue weighted by Crippen LogP contribution is -2.04. The molecule has 0 aromatic heterocycles. The summed E-state index contributed by atoms with van der Waals surface area (Å²) in [6, 6.07) is 7.62. The number of para-hydroxylation sites is 1. The molecule has 0 fully saturated rings. The predicted octanol–water partition coefficient (Wildman–Crippen LogP) is 2.92. The van der Waals surface area contributed by atoms with E-state index in [-0.39, 0.29) is 5.38 Å². The molecule has 0 saturated carbocycles. The van der Waals surface area contributed by atoms with Crippen LogP contribution in [0.5, 0.6) is 5.75 Å². The van der Waals surface area contributed by atoms with E-state index in [1.807, 2.05) is 24.3 Å². The topological polar surface area (TPSA) is 9.23 Å². The molecule has 1 aliphatic heterocycles. The van der Waals surface area contributed by atoms with Gasteiger partial charge in [-0.2, -0.15) is 0 Å². The van der Waals surface area contributed by atoms with Crippen LogP contribution in [-0.2, 0) is 0 Å². The van der Waals surface area contributed by atoms with E-state index < -0.39 is 5.56 Å².